The molecule has 2 fully saturated rings. The van der Waals surface area contributed by atoms with E-state index in [4.69, 9.17) is 14.2 Å². The Kier molecular flexibility index (Phi) is 5.60. The Labute approximate surface area is 136 Å². The predicted octanol–water partition coefficient (Wildman–Crippen LogP) is 2.26. The van der Waals surface area contributed by atoms with E-state index < -0.39 is 23.7 Å². The minimum absolute atomic E-state index is 0.317. The van der Waals surface area contributed by atoms with Crippen LogP contribution in [-0.2, 0) is 19.0 Å². The summed E-state index contributed by atoms with van der Waals surface area (Å²) in [7, 11) is 0. The number of carbonyl (C=O) groups is 2. The maximum absolute atomic E-state index is 12.0. The molecule has 0 unspecified atom stereocenters. The van der Waals surface area contributed by atoms with Gasteiger partial charge in [-0.2, -0.15) is 0 Å². The van der Waals surface area contributed by atoms with Crippen molar-refractivity contribution in [1.29, 1.82) is 0 Å². The smallest absolute Gasteiger partial charge is 0.408 e. The lowest BCUT2D eigenvalue weighted by atomic mass is 9.93. The van der Waals surface area contributed by atoms with Gasteiger partial charge in [0.2, 0.25) is 0 Å². The van der Waals surface area contributed by atoms with Crippen LogP contribution in [0.2, 0.25) is 0 Å². The van der Waals surface area contributed by atoms with Gasteiger partial charge in [0.05, 0.1) is 13.2 Å². The fourth-order valence-corrected chi connectivity index (χ4v) is 2.58. The molecule has 6 nitrogen and oxygen atoms in total. The van der Waals surface area contributed by atoms with E-state index in [0.29, 0.717) is 19.6 Å². The molecule has 2 aliphatic rings. The molecule has 0 aliphatic carbocycles. The average molecular weight is 321 g/mol. The summed E-state index contributed by atoms with van der Waals surface area (Å²) in [6.07, 6.45) is 6.86. The summed E-state index contributed by atoms with van der Waals surface area (Å²) in [5, 5.41) is 2.54. The molecule has 2 atom stereocenters. The highest BCUT2D eigenvalue weighted by Crippen LogP contribution is 2.29. The van der Waals surface area contributed by atoms with Gasteiger partial charge < -0.3 is 19.5 Å². The molecule has 23 heavy (non-hydrogen) atoms. The van der Waals surface area contributed by atoms with E-state index in [9.17, 15) is 9.59 Å². The fraction of sp³-hybridized carbons (Fsp3) is 0.529. The van der Waals surface area contributed by atoms with Gasteiger partial charge in [-0.05, 0) is 31.8 Å². The molecule has 0 aromatic rings. The Balaban J connectivity index is 1.80. The van der Waals surface area contributed by atoms with Crippen molar-refractivity contribution < 1.29 is 23.8 Å². The van der Waals surface area contributed by atoms with Gasteiger partial charge in [-0.25, -0.2) is 9.59 Å². The number of alkyl carbamates (subject to hydrolysis) is 1. The number of amides is 1. The number of hydrogen-bond acceptors (Lipinski definition) is 5. The van der Waals surface area contributed by atoms with Crippen molar-refractivity contribution in [3.05, 3.63) is 37.0 Å². The van der Waals surface area contributed by atoms with Crippen LogP contribution in [0.1, 0.15) is 26.2 Å². The number of hydrogen-bond donors (Lipinski definition) is 1. The lowest BCUT2D eigenvalue weighted by Gasteiger charge is -2.41. The summed E-state index contributed by atoms with van der Waals surface area (Å²) in [5.74, 6) is -0.432. The monoisotopic (exact) mass is 321 g/mol. The van der Waals surface area contributed by atoms with Crippen LogP contribution in [0.3, 0.4) is 0 Å². The van der Waals surface area contributed by atoms with Gasteiger partial charge >= 0.3 is 12.1 Å². The Morgan fingerprint density at radius 3 is 2.70 bits per heavy atom. The van der Waals surface area contributed by atoms with Gasteiger partial charge in [-0.3, -0.25) is 0 Å². The first-order valence-corrected chi connectivity index (χ1v) is 7.71. The third kappa shape index (κ3) is 4.22. The Morgan fingerprint density at radius 1 is 1.48 bits per heavy atom. The van der Waals surface area contributed by atoms with Crippen LogP contribution >= 0.6 is 0 Å². The lowest BCUT2D eigenvalue weighted by molar-refractivity contribution is -0.187. The molecule has 2 heterocycles. The van der Waals surface area contributed by atoms with Crippen LogP contribution in [0.5, 0.6) is 0 Å². The first-order valence-electron chi connectivity index (χ1n) is 7.71. The summed E-state index contributed by atoms with van der Waals surface area (Å²) in [5.41, 5.74) is 0.479. The topological polar surface area (TPSA) is 73.9 Å². The second-order valence-corrected chi connectivity index (χ2v) is 5.86. The SMILES string of the molecule is C=C/C=C(\C=C)CCCC1(OC(=O)N[C@H]2C(=O)O[C@H]2C)COC1. The van der Waals surface area contributed by atoms with E-state index in [1.165, 1.54) is 0 Å². The zero-order valence-corrected chi connectivity index (χ0v) is 13.4. The van der Waals surface area contributed by atoms with Crippen LogP contribution in [0.15, 0.2) is 37.0 Å². The number of carbonyl (C=O) groups excluding carboxylic acids is 2. The molecule has 2 saturated heterocycles. The average Bonchev–Trinajstić information content (AvgIpc) is 2.49. The van der Waals surface area contributed by atoms with E-state index >= 15 is 0 Å². The molecule has 0 spiro atoms. The summed E-state index contributed by atoms with van der Waals surface area (Å²) in [6, 6.07) is -0.622. The molecule has 2 rings (SSSR count). The van der Waals surface area contributed by atoms with E-state index in [2.05, 4.69) is 18.5 Å². The molecule has 0 radical (unpaired) electrons. The quantitative estimate of drug-likeness (QED) is 0.548. The molecule has 0 bridgehead atoms. The molecular weight excluding hydrogens is 298 g/mol. The Morgan fingerprint density at radius 2 is 2.22 bits per heavy atom. The maximum atomic E-state index is 12.0. The third-order valence-corrected chi connectivity index (χ3v) is 4.03. The molecule has 2 aliphatic heterocycles. The van der Waals surface area contributed by atoms with Crippen molar-refractivity contribution in [1.82, 2.24) is 5.32 Å². The molecular formula is C17H23NO5. The summed E-state index contributed by atoms with van der Waals surface area (Å²) in [6.45, 7) is 9.89. The number of ether oxygens (including phenoxy) is 3. The second-order valence-electron chi connectivity index (χ2n) is 5.86. The highest BCUT2D eigenvalue weighted by Gasteiger charge is 2.45. The van der Waals surface area contributed by atoms with Crippen LogP contribution in [0.4, 0.5) is 4.79 Å². The first kappa shape index (κ1) is 17.3. The van der Waals surface area contributed by atoms with Crippen molar-refractivity contribution in [2.75, 3.05) is 13.2 Å². The largest absolute Gasteiger partial charge is 0.458 e. The summed E-state index contributed by atoms with van der Waals surface area (Å²) < 4.78 is 15.5. The van der Waals surface area contributed by atoms with Crippen molar-refractivity contribution in [3.8, 4) is 0 Å². The van der Waals surface area contributed by atoms with Crippen molar-refractivity contribution in [3.63, 3.8) is 0 Å². The van der Waals surface area contributed by atoms with Crippen molar-refractivity contribution in [2.45, 2.75) is 43.9 Å². The first-order chi connectivity index (χ1) is 11.0. The van der Waals surface area contributed by atoms with Gasteiger partial charge in [-0.15, -0.1) is 0 Å². The lowest BCUT2D eigenvalue weighted by Crippen LogP contribution is -2.61. The molecule has 1 amide bonds. The Hall–Kier alpha value is -2.08. The predicted molar refractivity (Wildman–Crippen MR) is 84.8 cm³/mol. The zero-order chi connectivity index (χ0) is 16.9. The van der Waals surface area contributed by atoms with Gasteiger partial charge in [0.15, 0.2) is 11.6 Å². The molecule has 0 aromatic carbocycles. The van der Waals surface area contributed by atoms with Gasteiger partial charge in [0.1, 0.15) is 6.10 Å². The zero-order valence-electron chi connectivity index (χ0n) is 13.4. The van der Waals surface area contributed by atoms with E-state index in [1.54, 1.807) is 19.1 Å². The van der Waals surface area contributed by atoms with Crippen LogP contribution in [0.25, 0.3) is 0 Å². The van der Waals surface area contributed by atoms with Gasteiger partial charge in [-0.1, -0.05) is 31.4 Å². The Bertz CT molecular complexity index is 521. The van der Waals surface area contributed by atoms with Crippen molar-refractivity contribution >= 4 is 12.1 Å². The number of rotatable bonds is 8. The standard InChI is InChI=1S/C17H23NO5/c1-4-7-13(5-2)8-6-9-17(10-21-11-17)23-16(20)18-14-12(3)22-15(14)19/h4-5,7,12,14H,1-2,6,8-11H2,3H3,(H,18,20)/b13-7+/t12-,14+/m0/s1. The van der Waals surface area contributed by atoms with Gasteiger partial charge in [0, 0.05) is 0 Å². The summed E-state index contributed by atoms with van der Waals surface area (Å²) >= 11 is 0. The third-order valence-electron chi connectivity index (χ3n) is 4.03. The van der Waals surface area contributed by atoms with Crippen LogP contribution < -0.4 is 5.32 Å². The van der Waals surface area contributed by atoms with Crippen molar-refractivity contribution in [2.24, 2.45) is 0 Å². The minimum Gasteiger partial charge on any atom is -0.458 e. The molecule has 1 N–H and O–H groups in total. The van der Waals surface area contributed by atoms with Crippen LogP contribution in [-0.4, -0.2) is 43.0 Å². The van der Waals surface area contributed by atoms with Gasteiger partial charge in [0.25, 0.3) is 0 Å². The van der Waals surface area contributed by atoms with E-state index in [-0.39, 0.29) is 6.10 Å². The highest BCUT2D eigenvalue weighted by atomic mass is 16.6. The minimum atomic E-state index is -0.622. The van der Waals surface area contributed by atoms with E-state index in [0.717, 1.165) is 18.4 Å². The summed E-state index contributed by atoms with van der Waals surface area (Å²) in [4.78, 5) is 23.2. The number of nitrogens with one attached hydrogen (secondary N) is 1. The number of allylic oxidation sites excluding steroid dienone is 4. The van der Waals surface area contributed by atoms with Crippen LogP contribution in [0, 0.1) is 0 Å². The van der Waals surface area contributed by atoms with E-state index in [1.807, 2.05) is 6.08 Å². The highest BCUT2D eigenvalue weighted by molar-refractivity contribution is 5.86. The fourth-order valence-electron chi connectivity index (χ4n) is 2.58. The molecule has 6 heteroatoms. The molecule has 0 aromatic heterocycles. The molecule has 126 valence electrons. The molecule has 0 saturated carbocycles. The maximum Gasteiger partial charge on any atom is 0.408 e. The second kappa shape index (κ2) is 7.46. The number of cyclic esters (lactones) is 1. The normalized spacial score (nSPS) is 25.4. The number of esters is 1.